The van der Waals surface area contributed by atoms with E-state index in [-0.39, 0.29) is 5.56 Å². The van der Waals surface area contributed by atoms with Crippen molar-refractivity contribution in [3.05, 3.63) is 74.8 Å². The SMILES string of the molecule is C/N=c1\n(C)c(=O)c2c(-c3cc(C#N)cn3C)n(Cc3ccnc4ccc(Cl)cc34)nc2n1CC1CC1. The summed E-state index contributed by atoms with van der Waals surface area (Å²) in [6.07, 6.45) is 5.84. The summed E-state index contributed by atoms with van der Waals surface area (Å²) in [5.41, 5.74) is 4.74. The van der Waals surface area contributed by atoms with E-state index in [0.29, 0.717) is 45.4 Å². The Morgan fingerprint density at radius 2 is 2.03 bits per heavy atom. The number of aryl methyl sites for hydroxylation is 1. The van der Waals surface area contributed by atoms with E-state index in [1.807, 2.05) is 40.6 Å². The summed E-state index contributed by atoms with van der Waals surface area (Å²) < 4.78 is 7.39. The molecule has 4 heterocycles. The number of fused-ring (bicyclic) bond motifs is 2. The summed E-state index contributed by atoms with van der Waals surface area (Å²) in [7, 11) is 5.32. The maximum absolute atomic E-state index is 13.8. The van der Waals surface area contributed by atoms with E-state index in [1.165, 1.54) is 0 Å². The molecule has 1 aliphatic rings. The minimum atomic E-state index is -0.175. The number of halogens is 1. The predicted molar refractivity (Wildman–Crippen MR) is 142 cm³/mol. The molecule has 0 bridgehead atoms. The van der Waals surface area contributed by atoms with Crippen LogP contribution in [0.2, 0.25) is 5.02 Å². The van der Waals surface area contributed by atoms with Gasteiger partial charge in [-0.3, -0.25) is 28.6 Å². The van der Waals surface area contributed by atoms with Crippen molar-refractivity contribution >= 4 is 33.5 Å². The van der Waals surface area contributed by atoms with Crippen molar-refractivity contribution in [1.29, 1.82) is 5.26 Å². The van der Waals surface area contributed by atoms with Gasteiger partial charge in [-0.15, -0.1) is 0 Å². The topological polar surface area (TPSA) is 98.7 Å². The van der Waals surface area contributed by atoms with Crippen LogP contribution in [-0.4, -0.2) is 35.5 Å². The van der Waals surface area contributed by atoms with Gasteiger partial charge in [0.05, 0.1) is 23.3 Å². The van der Waals surface area contributed by atoms with Crippen molar-refractivity contribution in [3.8, 4) is 17.5 Å². The third-order valence-electron chi connectivity index (χ3n) is 7.08. The highest BCUT2D eigenvalue weighted by Gasteiger charge is 2.28. The van der Waals surface area contributed by atoms with Gasteiger partial charge in [-0.2, -0.15) is 10.4 Å². The van der Waals surface area contributed by atoms with Crippen LogP contribution in [0.25, 0.3) is 33.3 Å². The Kier molecular flexibility index (Phi) is 5.50. The van der Waals surface area contributed by atoms with E-state index in [4.69, 9.17) is 16.7 Å². The monoisotopic (exact) mass is 512 g/mol. The molecule has 1 fully saturated rings. The van der Waals surface area contributed by atoms with Crippen molar-refractivity contribution in [2.75, 3.05) is 7.05 Å². The molecule has 37 heavy (non-hydrogen) atoms. The number of benzene rings is 1. The summed E-state index contributed by atoms with van der Waals surface area (Å²) in [5.74, 6) is 0.548. The average molecular weight is 513 g/mol. The smallest absolute Gasteiger partial charge is 0.266 e. The van der Waals surface area contributed by atoms with Gasteiger partial charge < -0.3 is 4.57 Å². The number of nitriles is 1. The Hall–Kier alpha value is -4.16. The van der Waals surface area contributed by atoms with Crippen molar-refractivity contribution in [1.82, 2.24) is 28.5 Å². The van der Waals surface area contributed by atoms with Crippen LogP contribution in [0.15, 0.2) is 52.5 Å². The lowest BCUT2D eigenvalue weighted by atomic mass is 10.1. The Labute approximate surface area is 217 Å². The van der Waals surface area contributed by atoms with Gasteiger partial charge >= 0.3 is 0 Å². The van der Waals surface area contributed by atoms with Crippen LogP contribution in [-0.2, 0) is 27.2 Å². The molecule has 1 aliphatic carbocycles. The van der Waals surface area contributed by atoms with Crippen LogP contribution in [0.5, 0.6) is 0 Å². The van der Waals surface area contributed by atoms with E-state index in [1.54, 1.807) is 37.1 Å². The fraction of sp³-hybridized carbons (Fsp3) is 0.296. The molecule has 1 saturated carbocycles. The second kappa shape index (κ2) is 8.75. The molecule has 0 unspecified atom stereocenters. The highest BCUT2D eigenvalue weighted by molar-refractivity contribution is 6.31. The summed E-state index contributed by atoms with van der Waals surface area (Å²) in [4.78, 5) is 22.7. The molecule has 0 atom stereocenters. The van der Waals surface area contributed by atoms with Gasteiger partial charge in [0.15, 0.2) is 5.65 Å². The largest absolute Gasteiger partial charge is 0.348 e. The van der Waals surface area contributed by atoms with Gasteiger partial charge in [-0.1, -0.05) is 11.6 Å². The van der Waals surface area contributed by atoms with E-state index in [2.05, 4.69) is 20.6 Å². The van der Waals surface area contributed by atoms with E-state index in [9.17, 15) is 10.1 Å². The lowest BCUT2D eigenvalue weighted by Crippen LogP contribution is -2.39. The van der Waals surface area contributed by atoms with Gasteiger partial charge in [0, 0.05) is 50.5 Å². The summed E-state index contributed by atoms with van der Waals surface area (Å²) in [6, 6.07) is 11.6. The molecule has 0 amide bonds. The molecule has 4 aromatic heterocycles. The Morgan fingerprint density at radius 3 is 2.73 bits per heavy atom. The first kappa shape index (κ1) is 23.3. The van der Waals surface area contributed by atoms with E-state index < -0.39 is 0 Å². The molecular weight excluding hydrogens is 488 g/mol. The highest BCUT2D eigenvalue weighted by Crippen LogP contribution is 2.33. The molecule has 0 N–H and O–H groups in total. The highest BCUT2D eigenvalue weighted by atomic mass is 35.5. The van der Waals surface area contributed by atoms with Crippen molar-refractivity contribution < 1.29 is 0 Å². The predicted octanol–water partition coefficient (Wildman–Crippen LogP) is 3.60. The summed E-state index contributed by atoms with van der Waals surface area (Å²) in [6.45, 7) is 1.14. The quantitative estimate of drug-likeness (QED) is 0.359. The van der Waals surface area contributed by atoms with Crippen molar-refractivity contribution in [2.45, 2.75) is 25.9 Å². The molecule has 5 aromatic rings. The van der Waals surface area contributed by atoms with Crippen LogP contribution < -0.4 is 11.2 Å². The zero-order chi connectivity index (χ0) is 25.8. The van der Waals surface area contributed by atoms with Gasteiger partial charge in [-0.05, 0) is 54.7 Å². The number of hydrogen-bond donors (Lipinski definition) is 0. The van der Waals surface area contributed by atoms with Gasteiger partial charge in [0.25, 0.3) is 5.56 Å². The third kappa shape index (κ3) is 3.85. The molecule has 10 heteroatoms. The Morgan fingerprint density at radius 1 is 1.22 bits per heavy atom. The van der Waals surface area contributed by atoms with E-state index in [0.717, 1.165) is 41.5 Å². The third-order valence-corrected chi connectivity index (χ3v) is 7.31. The van der Waals surface area contributed by atoms with Crippen LogP contribution >= 0.6 is 11.6 Å². The Balaban J connectivity index is 1.69. The van der Waals surface area contributed by atoms with Gasteiger partial charge in [0.1, 0.15) is 17.1 Å². The molecular formula is C27H25ClN8O. The normalized spacial score (nSPS) is 14.1. The molecule has 0 saturated heterocycles. The zero-order valence-electron chi connectivity index (χ0n) is 20.8. The van der Waals surface area contributed by atoms with Crippen LogP contribution in [0.1, 0.15) is 24.0 Å². The van der Waals surface area contributed by atoms with Crippen LogP contribution in [0.3, 0.4) is 0 Å². The van der Waals surface area contributed by atoms with Gasteiger partial charge in [-0.25, -0.2) is 0 Å². The molecule has 9 nitrogen and oxygen atoms in total. The second-order valence-electron chi connectivity index (χ2n) is 9.61. The summed E-state index contributed by atoms with van der Waals surface area (Å²) >= 11 is 6.33. The number of pyridine rings is 1. The molecule has 6 rings (SSSR count). The second-order valence-corrected chi connectivity index (χ2v) is 10.1. The zero-order valence-corrected chi connectivity index (χ0v) is 21.6. The Bertz CT molecular complexity index is 1880. The first-order valence-corrected chi connectivity index (χ1v) is 12.5. The summed E-state index contributed by atoms with van der Waals surface area (Å²) in [5, 5.41) is 16.7. The van der Waals surface area contributed by atoms with Crippen molar-refractivity contribution in [2.24, 2.45) is 25.0 Å². The fourth-order valence-electron chi connectivity index (χ4n) is 5.08. The molecule has 0 spiro atoms. The maximum atomic E-state index is 13.8. The lowest BCUT2D eigenvalue weighted by Gasteiger charge is -2.12. The molecule has 186 valence electrons. The lowest BCUT2D eigenvalue weighted by molar-refractivity contribution is 0.558. The number of aromatic nitrogens is 6. The van der Waals surface area contributed by atoms with Gasteiger partial charge in [0.2, 0.25) is 5.62 Å². The molecule has 1 aromatic carbocycles. The minimum Gasteiger partial charge on any atom is -0.348 e. The maximum Gasteiger partial charge on any atom is 0.266 e. The molecule has 0 radical (unpaired) electrons. The minimum absolute atomic E-state index is 0.175. The average Bonchev–Trinajstić information content (AvgIpc) is 3.52. The van der Waals surface area contributed by atoms with Crippen LogP contribution in [0, 0.1) is 17.2 Å². The van der Waals surface area contributed by atoms with E-state index >= 15 is 0 Å². The van der Waals surface area contributed by atoms with Crippen LogP contribution in [0.4, 0.5) is 0 Å². The first-order valence-electron chi connectivity index (χ1n) is 12.1. The number of rotatable bonds is 5. The first-order chi connectivity index (χ1) is 17.9. The van der Waals surface area contributed by atoms with Crippen molar-refractivity contribution in [3.63, 3.8) is 0 Å². The standard InChI is InChI=1S/C27H25ClN8O/c1-30-27-34(3)26(37)23-24(22-10-17(12-29)13-33(22)2)36(32-25(23)35(27)14-16-4-5-16)15-18-8-9-31-21-7-6-19(28)11-20(18)21/h6-11,13,16H,4-5,14-15H2,1-3H3/b30-27+. The fourth-order valence-corrected chi connectivity index (χ4v) is 5.25. The molecule has 0 aliphatic heterocycles. The number of hydrogen-bond acceptors (Lipinski definition) is 5. The number of nitrogens with zero attached hydrogens (tertiary/aromatic N) is 8.